The smallest absolute Gasteiger partial charge is 0.416 e. The predicted octanol–water partition coefficient (Wildman–Crippen LogP) is 3.73. The summed E-state index contributed by atoms with van der Waals surface area (Å²) in [5, 5.41) is 7.20. The van der Waals surface area contributed by atoms with Gasteiger partial charge in [0.05, 0.1) is 23.9 Å². The van der Waals surface area contributed by atoms with Crippen molar-refractivity contribution in [2.75, 3.05) is 13.2 Å². The van der Waals surface area contributed by atoms with E-state index in [1.54, 1.807) is 11.8 Å². The predicted molar refractivity (Wildman–Crippen MR) is 88.6 cm³/mol. The molecule has 1 aromatic heterocycles. The molecule has 1 amide bonds. The highest BCUT2D eigenvalue weighted by Gasteiger charge is 2.31. The van der Waals surface area contributed by atoms with Crippen LogP contribution in [0.15, 0.2) is 30.3 Å². The molecule has 0 aliphatic carbocycles. The number of carbonyl (C=O) groups excluding carboxylic acids is 1. The van der Waals surface area contributed by atoms with Crippen LogP contribution < -0.4 is 4.74 Å². The van der Waals surface area contributed by atoms with Crippen LogP contribution >= 0.6 is 0 Å². The number of likely N-dealkylation sites (tertiary alicyclic amines) is 1. The maximum atomic E-state index is 12.7. The fourth-order valence-corrected chi connectivity index (χ4v) is 3.17. The van der Waals surface area contributed by atoms with E-state index in [0.717, 1.165) is 42.9 Å². The van der Waals surface area contributed by atoms with Crippen LogP contribution in [0.5, 0.6) is 5.75 Å². The van der Waals surface area contributed by atoms with Crippen molar-refractivity contribution < 1.29 is 22.7 Å². The summed E-state index contributed by atoms with van der Waals surface area (Å²) in [6, 6.07) is 6.70. The number of amides is 1. The SMILES string of the molecule is CC(=O)N1CCC[C@@H]1c1cc(CCOc2cccc(C(F)(F)F)c2)[nH]n1. The molecule has 0 bridgehead atoms. The van der Waals surface area contributed by atoms with Gasteiger partial charge in [-0.05, 0) is 37.1 Å². The van der Waals surface area contributed by atoms with Crippen LogP contribution in [0.4, 0.5) is 13.2 Å². The third-order valence-electron chi connectivity index (χ3n) is 4.45. The Morgan fingerprint density at radius 2 is 2.19 bits per heavy atom. The van der Waals surface area contributed by atoms with Crippen molar-refractivity contribution in [1.29, 1.82) is 0 Å². The van der Waals surface area contributed by atoms with Gasteiger partial charge in [0.1, 0.15) is 5.75 Å². The van der Waals surface area contributed by atoms with Gasteiger partial charge in [0.15, 0.2) is 0 Å². The fraction of sp³-hybridized carbons (Fsp3) is 0.444. The Kier molecular flexibility index (Phi) is 5.20. The third-order valence-corrected chi connectivity index (χ3v) is 4.45. The lowest BCUT2D eigenvalue weighted by atomic mass is 10.1. The van der Waals surface area contributed by atoms with E-state index in [0.29, 0.717) is 6.42 Å². The maximum absolute atomic E-state index is 12.7. The molecular formula is C18H20F3N3O2. The molecule has 3 rings (SSSR count). The van der Waals surface area contributed by atoms with Crippen molar-refractivity contribution in [3.8, 4) is 5.75 Å². The Hall–Kier alpha value is -2.51. The van der Waals surface area contributed by atoms with E-state index < -0.39 is 11.7 Å². The normalized spacial score (nSPS) is 17.5. The van der Waals surface area contributed by atoms with Crippen LogP contribution in [-0.2, 0) is 17.4 Å². The lowest BCUT2D eigenvalue weighted by Crippen LogP contribution is -2.28. The average molecular weight is 367 g/mol. The number of rotatable bonds is 5. The van der Waals surface area contributed by atoms with E-state index in [9.17, 15) is 18.0 Å². The first-order valence-electron chi connectivity index (χ1n) is 8.46. The largest absolute Gasteiger partial charge is 0.493 e. The van der Waals surface area contributed by atoms with Gasteiger partial charge >= 0.3 is 6.18 Å². The molecule has 1 aromatic carbocycles. The molecule has 0 spiro atoms. The van der Waals surface area contributed by atoms with Crippen molar-refractivity contribution in [3.63, 3.8) is 0 Å². The zero-order valence-corrected chi connectivity index (χ0v) is 14.3. The van der Waals surface area contributed by atoms with E-state index >= 15 is 0 Å². The highest BCUT2D eigenvalue weighted by atomic mass is 19.4. The highest BCUT2D eigenvalue weighted by Crippen LogP contribution is 2.32. The van der Waals surface area contributed by atoms with Gasteiger partial charge < -0.3 is 9.64 Å². The van der Waals surface area contributed by atoms with E-state index in [1.807, 2.05) is 6.07 Å². The fourth-order valence-electron chi connectivity index (χ4n) is 3.17. The molecule has 0 unspecified atom stereocenters. The number of ether oxygens (including phenoxy) is 1. The molecule has 2 aromatic rings. The molecule has 1 aliphatic rings. The monoisotopic (exact) mass is 367 g/mol. The Morgan fingerprint density at radius 3 is 2.92 bits per heavy atom. The summed E-state index contributed by atoms with van der Waals surface area (Å²) in [4.78, 5) is 13.5. The van der Waals surface area contributed by atoms with Crippen molar-refractivity contribution in [2.45, 2.75) is 38.4 Å². The highest BCUT2D eigenvalue weighted by molar-refractivity contribution is 5.74. The lowest BCUT2D eigenvalue weighted by molar-refractivity contribution is -0.137. The molecule has 0 radical (unpaired) electrons. The summed E-state index contributed by atoms with van der Waals surface area (Å²) in [6.07, 6.45) is -2.08. The first kappa shape index (κ1) is 18.3. The van der Waals surface area contributed by atoms with Crippen LogP contribution in [0.2, 0.25) is 0 Å². The minimum absolute atomic E-state index is 0.0121. The summed E-state index contributed by atoms with van der Waals surface area (Å²) < 4.78 is 43.5. The zero-order valence-electron chi connectivity index (χ0n) is 14.3. The molecule has 1 saturated heterocycles. The molecular weight excluding hydrogens is 347 g/mol. The Morgan fingerprint density at radius 1 is 1.38 bits per heavy atom. The van der Waals surface area contributed by atoms with Gasteiger partial charge in [0.2, 0.25) is 5.91 Å². The Labute approximate surface area is 149 Å². The van der Waals surface area contributed by atoms with E-state index in [4.69, 9.17) is 4.74 Å². The number of hydrogen-bond acceptors (Lipinski definition) is 3. The zero-order chi connectivity index (χ0) is 18.7. The quantitative estimate of drug-likeness (QED) is 0.876. The standard InChI is InChI=1S/C18H20F3N3O2/c1-12(25)24-8-3-6-17(24)16-11-14(22-23-16)7-9-26-15-5-2-4-13(10-15)18(19,20)21/h2,4-5,10-11,17H,3,6-9H2,1H3,(H,22,23)/t17-/m1/s1. The number of nitrogens with one attached hydrogen (secondary N) is 1. The van der Waals surface area contributed by atoms with Crippen LogP contribution in [0.1, 0.15) is 42.8 Å². The van der Waals surface area contributed by atoms with Gasteiger partial charge in [-0.1, -0.05) is 6.07 Å². The van der Waals surface area contributed by atoms with Gasteiger partial charge in [0.25, 0.3) is 0 Å². The van der Waals surface area contributed by atoms with Crippen LogP contribution in [-0.4, -0.2) is 34.2 Å². The van der Waals surface area contributed by atoms with Gasteiger partial charge in [-0.2, -0.15) is 18.3 Å². The summed E-state index contributed by atoms with van der Waals surface area (Å²) in [5.74, 6) is 0.211. The first-order chi connectivity index (χ1) is 12.3. The maximum Gasteiger partial charge on any atom is 0.416 e. The molecule has 140 valence electrons. The first-order valence-corrected chi connectivity index (χ1v) is 8.46. The molecule has 1 N–H and O–H groups in total. The molecule has 26 heavy (non-hydrogen) atoms. The number of H-pyrrole nitrogens is 1. The molecule has 1 aliphatic heterocycles. The number of aromatic amines is 1. The number of nitrogens with zero attached hydrogens (tertiary/aromatic N) is 2. The van der Waals surface area contributed by atoms with Crippen LogP contribution in [0, 0.1) is 0 Å². The number of alkyl halides is 3. The third kappa shape index (κ3) is 4.17. The lowest BCUT2D eigenvalue weighted by Gasteiger charge is -2.21. The van der Waals surface area contributed by atoms with Crippen LogP contribution in [0.25, 0.3) is 0 Å². The summed E-state index contributed by atoms with van der Waals surface area (Å²) in [6.45, 7) is 2.51. The van der Waals surface area contributed by atoms with E-state index in [-0.39, 0.29) is 24.3 Å². The van der Waals surface area contributed by atoms with Crippen molar-refractivity contribution in [2.24, 2.45) is 0 Å². The summed E-state index contributed by atoms with van der Waals surface area (Å²) in [5.41, 5.74) is 0.901. The summed E-state index contributed by atoms with van der Waals surface area (Å²) >= 11 is 0. The minimum Gasteiger partial charge on any atom is -0.493 e. The average Bonchev–Trinajstić information content (AvgIpc) is 3.23. The van der Waals surface area contributed by atoms with Crippen molar-refractivity contribution >= 4 is 5.91 Å². The van der Waals surface area contributed by atoms with Gasteiger partial charge in [-0.3, -0.25) is 9.89 Å². The molecule has 1 fully saturated rings. The molecule has 2 heterocycles. The molecule has 0 saturated carbocycles. The minimum atomic E-state index is -4.39. The summed E-state index contributed by atoms with van der Waals surface area (Å²) in [7, 11) is 0. The van der Waals surface area contributed by atoms with Crippen molar-refractivity contribution in [3.05, 3.63) is 47.3 Å². The number of halogens is 3. The topological polar surface area (TPSA) is 58.2 Å². The van der Waals surface area contributed by atoms with Gasteiger partial charge in [-0.15, -0.1) is 0 Å². The second-order valence-corrected chi connectivity index (χ2v) is 6.31. The number of hydrogen-bond donors (Lipinski definition) is 1. The molecule has 5 nitrogen and oxygen atoms in total. The van der Waals surface area contributed by atoms with E-state index in [2.05, 4.69) is 10.2 Å². The Bertz CT molecular complexity index is 773. The number of benzene rings is 1. The van der Waals surface area contributed by atoms with Gasteiger partial charge in [-0.25, -0.2) is 0 Å². The second-order valence-electron chi connectivity index (χ2n) is 6.31. The molecule has 8 heteroatoms. The van der Waals surface area contributed by atoms with E-state index in [1.165, 1.54) is 12.1 Å². The second kappa shape index (κ2) is 7.39. The number of aromatic nitrogens is 2. The van der Waals surface area contributed by atoms with Crippen LogP contribution in [0.3, 0.4) is 0 Å². The van der Waals surface area contributed by atoms with Gasteiger partial charge in [0, 0.05) is 25.6 Å². The van der Waals surface area contributed by atoms with Crippen molar-refractivity contribution in [1.82, 2.24) is 15.1 Å². The Balaban J connectivity index is 1.57. The molecule has 1 atom stereocenters. The number of carbonyl (C=O) groups is 1.